The molecule has 2 heterocycles. The van der Waals surface area contributed by atoms with Gasteiger partial charge in [0.05, 0.1) is 3.79 Å². The van der Waals surface area contributed by atoms with Crippen LogP contribution >= 0.6 is 38.6 Å². The Morgan fingerprint density at radius 2 is 2.16 bits per heavy atom. The van der Waals surface area contributed by atoms with Crippen molar-refractivity contribution >= 4 is 48.6 Å². The second kappa shape index (κ2) is 6.02. The SMILES string of the molecule is Cc1cscc1CNS(=O)(=O)c1cc(CN)sc1Br. The summed E-state index contributed by atoms with van der Waals surface area (Å²) in [5.41, 5.74) is 7.62. The van der Waals surface area contributed by atoms with Crippen molar-refractivity contribution in [3.8, 4) is 0 Å². The molecule has 19 heavy (non-hydrogen) atoms. The minimum Gasteiger partial charge on any atom is -0.326 e. The van der Waals surface area contributed by atoms with Crippen molar-refractivity contribution < 1.29 is 8.42 Å². The third kappa shape index (κ3) is 3.45. The van der Waals surface area contributed by atoms with E-state index in [1.807, 2.05) is 17.7 Å². The Balaban J connectivity index is 2.18. The largest absolute Gasteiger partial charge is 0.326 e. The first-order valence-electron chi connectivity index (χ1n) is 5.43. The van der Waals surface area contributed by atoms with Crippen molar-refractivity contribution in [3.05, 3.63) is 36.6 Å². The van der Waals surface area contributed by atoms with Crippen LogP contribution in [0, 0.1) is 6.92 Å². The molecule has 0 spiro atoms. The first-order valence-corrected chi connectivity index (χ1v) is 9.47. The maximum atomic E-state index is 12.2. The van der Waals surface area contributed by atoms with Crippen LogP contribution in [0.25, 0.3) is 0 Å². The van der Waals surface area contributed by atoms with Crippen LogP contribution in [0.15, 0.2) is 25.5 Å². The average molecular weight is 381 g/mol. The van der Waals surface area contributed by atoms with Crippen LogP contribution in [0.1, 0.15) is 16.0 Å². The van der Waals surface area contributed by atoms with Gasteiger partial charge in [-0.15, -0.1) is 11.3 Å². The third-order valence-electron chi connectivity index (χ3n) is 2.61. The Morgan fingerprint density at radius 1 is 1.42 bits per heavy atom. The lowest BCUT2D eigenvalue weighted by atomic mass is 10.2. The molecule has 0 saturated heterocycles. The van der Waals surface area contributed by atoms with E-state index in [0.29, 0.717) is 16.9 Å². The zero-order valence-electron chi connectivity index (χ0n) is 10.1. The molecule has 0 saturated carbocycles. The Morgan fingerprint density at radius 3 is 2.68 bits per heavy atom. The summed E-state index contributed by atoms with van der Waals surface area (Å²) in [7, 11) is -3.51. The van der Waals surface area contributed by atoms with Gasteiger partial charge in [0.2, 0.25) is 10.0 Å². The van der Waals surface area contributed by atoms with E-state index in [4.69, 9.17) is 5.73 Å². The number of hydrogen-bond donors (Lipinski definition) is 2. The summed E-state index contributed by atoms with van der Waals surface area (Å²) in [6.07, 6.45) is 0. The zero-order valence-corrected chi connectivity index (χ0v) is 14.2. The standard InChI is InChI=1S/C11H13BrN2O2S3/c1-7-5-17-6-8(7)4-14-19(15,16)10-2-9(3-13)18-11(10)12/h2,5-6,14H,3-4,13H2,1H3. The minimum absolute atomic E-state index is 0.255. The highest BCUT2D eigenvalue weighted by atomic mass is 79.9. The first kappa shape index (κ1) is 15.1. The Kier molecular flexibility index (Phi) is 4.80. The molecular weight excluding hydrogens is 368 g/mol. The number of rotatable bonds is 5. The molecule has 2 aromatic rings. The molecule has 2 rings (SSSR count). The number of thiophene rings is 2. The quantitative estimate of drug-likeness (QED) is 0.837. The summed E-state index contributed by atoms with van der Waals surface area (Å²) in [5, 5.41) is 3.95. The molecule has 0 atom stereocenters. The van der Waals surface area contributed by atoms with Crippen LogP contribution in [0.2, 0.25) is 0 Å². The molecule has 0 aromatic carbocycles. The molecule has 0 aliphatic rings. The van der Waals surface area contributed by atoms with Gasteiger partial charge in [0.1, 0.15) is 4.90 Å². The summed E-state index contributed by atoms with van der Waals surface area (Å²) >= 11 is 6.18. The predicted molar refractivity (Wildman–Crippen MR) is 83.0 cm³/mol. The molecule has 4 nitrogen and oxygen atoms in total. The smallest absolute Gasteiger partial charge is 0.242 e. The van der Waals surface area contributed by atoms with Crippen LogP contribution in [-0.2, 0) is 23.1 Å². The average Bonchev–Trinajstić information content (AvgIpc) is 2.93. The van der Waals surface area contributed by atoms with E-state index in [9.17, 15) is 8.42 Å². The monoisotopic (exact) mass is 380 g/mol. The highest BCUT2D eigenvalue weighted by Crippen LogP contribution is 2.31. The Bertz CT molecular complexity index is 676. The zero-order chi connectivity index (χ0) is 14.0. The summed E-state index contributed by atoms with van der Waals surface area (Å²) < 4.78 is 27.6. The number of hydrogen-bond acceptors (Lipinski definition) is 5. The van der Waals surface area contributed by atoms with Crippen LogP contribution in [0.3, 0.4) is 0 Å². The summed E-state index contributed by atoms with van der Waals surface area (Å²) in [6.45, 7) is 2.60. The van der Waals surface area contributed by atoms with E-state index in [0.717, 1.165) is 16.0 Å². The lowest BCUT2D eigenvalue weighted by Gasteiger charge is -2.05. The normalized spacial score (nSPS) is 11.9. The van der Waals surface area contributed by atoms with Gasteiger partial charge in [-0.05, 0) is 50.8 Å². The van der Waals surface area contributed by atoms with E-state index in [-0.39, 0.29) is 4.90 Å². The molecule has 104 valence electrons. The molecule has 3 N–H and O–H groups in total. The third-order valence-corrected chi connectivity index (χ3v) is 7.20. The highest BCUT2D eigenvalue weighted by Gasteiger charge is 2.20. The van der Waals surface area contributed by atoms with Crippen molar-refractivity contribution in [2.45, 2.75) is 24.9 Å². The molecule has 0 amide bonds. The molecule has 0 aliphatic heterocycles. The van der Waals surface area contributed by atoms with Gasteiger partial charge >= 0.3 is 0 Å². The summed E-state index contributed by atoms with van der Waals surface area (Å²) in [4.78, 5) is 1.09. The fourth-order valence-electron chi connectivity index (χ4n) is 1.50. The lowest BCUT2D eigenvalue weighted by molar-refractivity contribution is 0.581. The Hall–Kier alpha value is -0.250. The fraction of sp³-hybridized carbons (Fsp3) is 0.273. The van der Waals surface area contributed by atoms with Gasteiger partial charge in [-0.1, -0.05) is 0 Å². The van der Waals surface area contributed by atoms with Crippen LogP contribution in [0.5, 0.6) is 0 Å². The molecular formula is C11H13BrN2O2S3. The second-order valence-corrected chi connectivity index (χ2v) is 8.89. The second-order valence-electron chi connectivity index (χ2n) is 3.96. The molecule has 0 fully saturated rings. The molecule has 0 aliphatic carbocycles. The number of halogens is 1. The van der Waals surface area contributed by atoms with Gasteiger partial charge in [-0.3, -0.25) is 0 Å². The van der Waals surface area contributed by atoms with Crippen molar-refractivity contribution in [1.82, 2.24) is 4.72 Å². The topological polar surface area (TPSA) is 72.2 Å². The van der Waals surface area contributed by atoms with E-state index >= 15 is 0 Å². The van der Waals surface area contributed by atoms with Gasteiger partial charge in [0.25, 0.3) is 0 Å². The Labute approximate surface area is 128 Å². The van der Waals surface area contributed by atoms with Crippen LogP contribution in [-0.4, -0.2) is 8.42 Å². The van der Waals surface area contributed by atoms with E-state index in [1.165, 1.54) is 11.3 Å². The maximum absolute atomic E-state index is 12.2. The molecule has 0 unspecified atom stereocenters. The summed E-state index contributed by atoms with van der Waals surface area (Å²) in [6, 6.07) is 1.61. The van der Waals surface area contributed by atoms with Gasteiger partial charge in [-0.25, -0.2) is 13.1 Å². The lowest BCUT2D eigenvalue weighted by Crippen LogP contribution is -2.23. The van der Waals surface area contributed by atoms with E-state index < -0.39 is 10.0 Å². The maximum Gasteiger partial charge on any atom is 0.242 e. The predicted octanol–water partition coefficient (Wildman–Crippen LogP) is 2.82. The number of nitrogens with two attached hydrogens (primary N) is 1. The number of aryl methyl sites for hydroxylation is 1. The molecule has 0 radical (unpaired) electrons. The van der Waals surface area contributed by atoms with E-state index in [2.05, 4.69) is 20.7 Å². The van der Waals surface area contributed by atoms with Crippen molar-refractivity contribution in [1.29, 1.82) is 0 Å². The minimum atomic E-state index is -3.51. The van der Waals surface area contributed by atoms with E-state index in [1.54, 1.807) is 17.4 Å². The number of sulfonamides is 1. The van der Waals surface area contributed by atoms with Crippen LogP contribution < -0.4 is 10.5 Å². The van der Waals surface area contributed by atoms with Crippen molar-refractivity contribution in [3.63, 3.8) is 0 Å². The van der Waals surface area contributed by atoms with Gasteiger partial charge < -0.3 is 5.73 Å². The van der Waals surface area contributed by atoms with Crippen molar-refractivity contribution in [2.24, 2.45) is 5.73 Å². The number of nitrogens with one attached hydrogen (secondary N) is 1. The highest BCUT2D eigenvalue weighted by molar-refractivity contribution is 9.11. The first-order chi connectivity index (χ1) is 8.94. The van der Waals surface area contributed by atoms with Crippen LogP contribution in [0.4, 0.5) is 0 Å². The van der Waals surface area contributed by atoms with Crippen molar-refractivity contribution in [2.75, 3.05) is 0 Å². The van der Waals surface area contributed by atoms with Gasteiger partial charge in [0.15, 0.2) is 0 Å². The van der Waals surface area contributed by atoms with Gasteiger partial charge in [0, 0.05) is 18.0 Å². The van der Waals surface area contributed by atoms with Gasteiger partial charge in [-0.2, -0.15) is 11.3 Å². The molecule has 2 aromatic heterocycles. The molecule has 0 bridgehead atoms. The molecule has 8 heteroatoms. The summed E-state index contributed by atoms with van der Waals surface area (Å²) in [5.74, 6) is 0. The fourth-order valence-corrected chi connectivity index (χ4v) is 5.92.